The van der Waals surface area contributed by atoms with E-state index in [4.69, 9.17) is 40.2 Å². The minimum atomic E-state index is 0.391. The number of anilines is 2. The third-order valence-corrected chi connectivity index (χ3v) is 4.38. The first-order chi connectivity index (χ1) is 12.5. The van der Waals surface area contributed by atoms with Gasteiger partial charge in [-0.2, -0.15) is 0 Å². The van der Waals surface area contributed by atoms with E-state index >= 15 is 0 Å². The lowest BCUT2D eigenvalue weighted by Gasteiger charge is -2.08. The molecule has 0 spiro atoms. The molecule has 0 saturated carbocycles. The third kappa shape index (κ3) is 4.85. The fourth-order valence-corrected chi connectivity index (χ4v) is 2.72. The van der Waals surface area contributed by atoms with Gasteiger partial charge in [0.2, 0.25) is 5.95 Å². The SMILES string of the molecule is COc1ccc(NC(=S)Nc2ncn(Cc3ccc(Cl)c(Cl)c3)n2)cc1. The molecule has 1 heterocycles. The van der Waals surface area contributed by atoms with Gasteiger partial charge in [-0.15, -0.1) is 5.10 Å². The molecule has 134 valence electrons. The number of nitrogens with one attached hydrogen (secondary N) is 2. The van der Waals surface area contributed by atoms with Crippen molar-refractivity contribution < 1.29 is 4.74 Å². The van der Waals surface area contributed by atoms with Crippen molar-refractivity contribution in [3.63, 3.8) is 0 Å². The highest BCUT2D eigenvalue weighted by molar-refractivity contribution is 7.80. The summed E-state index contributed by atoms with van der Waals surface area (Å²) in [4.78, 5) is 4.20. The van der Waals surface area contributed by atoms with Crippen molar-refractivity contribution in [2.75, 3.05) is 17.7 Å². The van der Waals surface area contributed by atoms with Crippen LogP contribution >= 0.6 is 35.4 Å². The number of ether oxygens (including phenoxy) is 1. The number of hydrogen-bond acceptors (Lipinski definition) is 4. The van der Waals surface area contributed by atoms with Gasteiger partial charge < -0.3 is 10.1 Å². The smallest absolute Gasteiger partial charge is 0.248 e. The lowest BCUT2D eigenvalue weighted by Crippen LogP contribution is -2.20. The van der Waals surface area contributed by atoms with E-state index < -0.39 is 0 Å². The van der Waals surface area contributed by atoms with E-state index in [9.17, 15) is 0 Å². The molecule has 0 aliphatic carbocycles. The summed E-state index contributed by atoms with van der Waals surface area (Å²) in [7, 11) is 1.62. The first-order valence-corrected chi connectivity index (χ1v) is 8.75. The summed E-state index contributed by atoms with van der Waals surface area (Å²) in [5, 5.41) is 11.8. The maximum atomic E-state index is 6.03. The maximum absolute atomic E-state index is 6.03. The van der Waals surface area contributed by atoms with E-state index in [1.807, 2.05) is 30.3 Å². The number of methoxy groups -OCH3 is 1. The lowest BCUT2D eigenvalue weighted by molar-refractivity contribution is 0.415. The van der Waals surface area contributed by atoms with E-state index in [1.54, 1.807) is 30.3 Å². The summed E-state index contributed by atoms with van der Waals surface area (Å²) < 4.78 is 6.80. The van der Waals surface area contributed by atoms with Crippen molar-refractivity contribution >= 4 is 52.2 Å². The Bertz CT molecular complexity index is 914. The van der Waals surface area contributed by atoms with Crippen LogP contribution in [0.1, 0.15) is 5.56 Å². The number of thiocarbonyl (C=S) groups is 1. The molecule has 0 bridgehead atoms. The molecule has 0 unspecified atom stereocenters. The maximum Gasteiger partial charge on any atom is 0.248 e. The molecule has 0 amide bonds. The molecule has 3 aromatic rings. The van der Waals surface area contributed by atoms with E-state index in [0.29, 0.717) is 27.7 Å². The fraction of sp³-hybridized carbons (Fsp3) is 0.118. The van der Waals surface area contributed by atoms with Crippen LogP contribution in [0.2, 0.25) is 10.0 Å². The molecular formula is C17H15Cl2N5OS. The van der Waals surface area contributed by atoms with E-state index in [-0.39, 0.29) is 0 Å². The Hall–Kier alpha value is -2.35. The van der Waals surface area contributed by atoms with Gasteiger partial charge in [-0.3, -0.25) is 5.32 Å². The molecule has 26 heavy (non-hydrogen) atoms. The number of halogens is 2. The quantitative estimate of drug-likeness (QED) is 0.609. The average Bonchev–Trinajstić information content (AvgIpc) is 3.05. The minimum Gasteiger partial charge on any atom is -0.497 e. The highest BCUT2D eigenvalue weighted by Gasteiger charge is 2.06. The van der Waals surface area contributed by atoms with Gasteiger partial charge >= 0.3 is 0 Å². The second-order valence-corrected chi connectivity index (χ2v) is 6.54. The standard InChI is InChI=1S/C17H15Cl2N5OS/c1-25-13-5-3-12(4-6-13)21-17(26)22-16-20-10-24(23-16)9-11-2-7-14(18)15(19)8-11/h2-8,10H,9H2,1H3,(H2,21,22,23,26). The molecule has 1 aromatic heterocycles. The second kappa shape index (κ2) is 8.35. The summed E-state index contributed by atoms with van der Waals surface area (Å²) in [6.45, 7) is 0.518. The van der Waals surface area contributed by atoms with E-state index in [2.05, 4.69) is 20.7 Å². The Balaban J connectivity index is 1.58. The number of benzene rings is 2. The zero-order valence-corrected chi connectivity index (χ0v) is 16.1. The van der Waals surface area contributed by atoms with Gasteiger partial charge in [0.25, 0.3) is 0 Å². The Labute approximate surface area is 166 Å². The summed E-state index contributed by atoms with van der Waals surface area (Å²) in [6, 6.07) is 12.9. The molecule has 0 aliphatic heterocycles. The monoisotopic (exact) mass is 407 g/mol. The normalized spacial score (nSPS) is 10.4. The number of nitrogens with zero attached hydrogens (tertiary/aromatic N) is 3. The summed E-state index contributed by atoms with van der Waals surface area (Å²) in [5.41, 5.74) is 1.80. The van der Waals surface area contributed by atoms with Crippen LogP contribution in [0.25, 0.3) is 0 Å². The molecule has 0 saturated heterocycles. The Morgan fingerprint density at radius 2 is 1.88 bits per heavy atom. The molecule has 2 aromatic carbocycles. The molecule has 3 rings (SSSR count). The van der Waals surface area contributed by atoms with Gasteiger partial charge in [-0.25, -0.2) is 9.67 Å². The van der Waals surface area contributed by atoms with Crippen LogP contribution in [0.5, 0.6) is 5.75 Å². The molecule has 2 N–H and O–H groups in total. The van der Waals surface area contributed by atoms with Gasteiger partial charge in [-0.1, -0.05) is 29.3 Å². The fourth-order valence-electron chi connectivity index (χ4n) is 2.19. The van der Waals surface area contributed by atoms with Crippen LogP contribution in [-0.2, 0) is 6.54 Å². The molecule has 0 fully saturated rings. The van der Waals surface area contributed by atoms with Crippen molar-refractivity contribution in [3.05, 3.63) is 64.4 Å². The van der Waals surface area contributed by atoms with E-state index in [1.165, 1.54) is 0 Å². The predicted molar refractivity (Wildman–Crippen MR) is 108 cm³/mol. The predicted octanol–water partition coefficient (Wildman–Crippen LogP) is 4.45. The third-order valence-electron chi connectivity index (χ3n) is 3.44. The first kappa shape index (κ1) is 18.4. The Kier molecular flexibility index (Phi) is 5.92. The molecule has 6 nitrogen and oxygen atoms in total. The minimum absolute atomic E-state index is 0.391. The zero-order valence-electron chi connectivity index (χ0n) is 13.7. The van der Waals surface area contributed by atoms with Crippen LogP contribution in [0.4, 0.5) is 11.6 Å². The van der Waals surface area contributed by atoms with Crippen molar-refractivity contribution in [2.45, 2.75) is 6.54 Å². The highest BCUT2D eigenvalue weighted by atomic mass is 35.5. The first-order valence-electron chi connectivity index (χ1n) is 7.59. The summed E-state index contributed by atoms with van der Waals surface area (Å²) in [5.74, 6) is 1.17. The van der Waals surface area contributed by atoms with Gasteiger partial charge in [-0.05, 0) is 54.2 Å². The van der Waals surface area contributed by atoms with Crippen LogP contribution in [0.15, 0.2) is 48.8 Å². The van der Waals surface area contributed by atoms with Gasteiger partial charge in [0.1, 0.15) is 12.1 Å². The van der Waals surface area contributed by atoms with Crippen molar-refractivity contribution in [1.82, 2.24) is 14.8 Å². The van der Waals surface area contributed by atoms with Crippen LogP contribution in [-0.4, -0.2) is 27.0 Å². The summed E-state index contributed by atoms with van der Waals surface area (Å²) >= 11 is 17.2. The molecule has 9 heteroatoms. The van der Waals surface area contributed by atoms with Gasteiger partial charge in [0.15, 0.2) is 5.11 Å². The molecule has 0 radical (unpaired) electrons. The number of hydrogen-bond donors (Lipinski definition) is 2. The van der Waals surface area contributed by atoms with Crippen molar-refractivity contribution in [2.24, 2.45) is 0 Å². The highest BCUT2D eigenvalue weighted by Crippen LogP contribution is 2.23. The topological polar surface area (TPSA) is 64.0 Å². The van der Waals surface area contributed by atoms with E-state index in [0.717, 1.165) is 17.0 Å². The average molecular weight is 408 g/mol. The van der Waals surface area contributed by atoms with Gasteiger partial charge in [0, 0.05) is 5.69 Å². The Morgan fingerprint density at radius 3 is 2.58 bits per heavy atom. The Morgan fingerprint density at radius 1 is 1.12 bits per heavy atom. The number of rotatable bonds is 5. The summed E-state index contributed by atoms with van der Waals surface area (Å²) in [6.07, 6.45) is 1.61. The molecular weight excluding hydrogens is 393 g/mol. The largest absolute Gasteiger partial charge is 0.497 e. The van der Waals surface area contributed by atoms with Crippen molar-refractivity contribution in [1.29, 1.82) is 0 Å². The lowest BCUT2D eigenvalue weighted by atomic mass is 10.2. The zero-order chi connectivity index (χ0) is 18.5. The molecule has 0 atom stereocenters. The van der Waals surface area contributed by atoms with Crippen LogP contribution < -0.4 is 15.4 Å². The van der Waals surface area contributed by atoms with Gasteiger partial charge in [0.05, 0.1) is 23.7 Å². The molecule has 0 aliphatic rings. The number of aromatic nitrogens is 3. The van der Waals surface area contributed by atoms with Crippen molar-refractivity contribution in [3.8, 4) is 5.75 Å². The van der Waals surface area contributed by atoms with Crippen LogP contribution in [0, 0.1) is 0 Å². The second-order valence-electron chi connectivity index (χ2n) is 5.32. The van der Waals surface area contributed by atoms with Crippen LogP contribution in [0.3, 0.4) is 0 Å².